The lowest BCUT2D eigenvalue weighted by Gasteiger charge is -2.26. The summed E-state index contributed by atoms with van der Waals surface area (Å²) in [7, 11) is 1.59. The number of nitrogens with zero attached hydrogens (tertiary/aromatic N) is 4. The van der Waals surface area contributed by atoms with E-state index in [9.17, 15) is 9.59 Å². The van der Waals surface area contributed by atoms with Gasteiger partial charge >= 0.3 is 0 Å². The number of nitrogens with two attached hydrogens (primary N) is 1. The molecule has 3 N–H and O–H groups in total. The lowest BCUT2D eigenvalue weighted by atomic mass is 10.1. The van der Waals surface area contributed by atoms with Gasteiger partial charge in [0.15, 0.2) is 5.65 Å². The number of nitrogen functional groups attached to an aromatic ring is 1. The second-order valence-corrected chi connectivity index (χ2v) is 8.47. The smallest absolute Gasteiger partial charge is 0.258 e. The fourth-order valence-corrected chi connectivity index (χ4v) is 4.29. The Morgan fingerprint density at radius 3 is 2.57 bits per heavy atom. The summed E-state index contributed by atoms with van der Waals surface area (Å²) in [5.74, 6) is 0.506. The van der Waals surface area contributed by atoms with E-state index >= 15 is 0 Å². The summed E-state index contributed by atoms with van der Waals surface area (Å²) in [6, 6.07) is 15.8. The number of aromatic nitrogens is 3. The van der Waals surface area contributed by atoms with E-state index in [1.807, 2.05) is 29.2 Å². The van der Waals surface area contributed by atoms with Crippen LogP contribution in [0.15, 0.2) is 60.8 Å². The summed E-state index contributed by atoms with van der Waals surface area (Å²) < 4.78 is 7.11. The maximum Gasteiger partial charge on any atom is 0.258 e. The molecule has 9 heteroatoms. The Kier molecular flexibility index (Phi) is 6.05. The third-order valence-corrected chi connectivity index (χ3v) is 6.07. The lowest BCUT2D eigenvalue weighted by Crippen LogP contribution is -2.35. The molecule has 0 spiro atoms. The average molecular weight is 471 g/mol. The van der Waals surface area contributed by atoms with E-state index in [1.54, 1.807) is 48.2 Å². The van der Waals surface area contributed by atoms with Gasteiger partial charge in [-0.2, -0.15) is 0 Å². The van der Waals surface area contributed by atoms with Crippen molar-refractivity contribution in [2.75, 3.05) is 31.2 Å². The van der Waals surface area contributed by atoms with Crippen LogP contribution in [0.4, 0.5) is 11.6 Å². The molecular weight excluding hydrogens is 444 g/mol. The summed E-state index contributed by atoms with van der Waals surface area (Å²) in [6.07, 6.45) is 4.72. The number of hydrogen-bond donors (Lipinski definition) is 2. The summed E-state index contributed by atoms with van der Waals surface area (Å²) in [6.45, 7) is 1.49. The van der Waals surface area contributed by atoms with Crippen molar-refractivity contribution in [2.24, 2.45) is 0 Å². The van der Waals surface area contributed by atoms with E-state index in [2.05, 4.69) is 15.3 Å². The molecule has 0 atom stereocenters. The molecule has 1 aliphatic rings. The van der Waals surface area contributed by atoms with Crippen LogP contribution in [0.3, 0.4) is 0 Å². The molecule has 2 aromatic carbocycles. The molecule has 2 amide bonds. The van der Waals surface area contributed by atoms with Gasteiger partial charge in [0.1, 0.15) is 11.3 Å². The fourth-order valence-electron chi connectivity index (χ4n) is 4.29. The van der Waals surface area contributed by atoms with E-state index < -0.39 is 0 Å². The highest BCUT2D eigenvalue weighted by molar-refractivity contribution is 6.05. The van der Waals surface area contributed by atoms with Crippen LogP contribution in [0.2, 0.25) is 0 Å². The number of ether oxygens (including phenoxy) is 1. The molecule has 1 fully saturated rings. The van der Waals surface area contributed by atoms with Crippen LogP contribution in [-0.4, -0.2) is 51.4 Å². The molecule has 3 heterocycles. The molecule has 0 radical (unpaired) electrons. The molecule has 0 bridgehead atoms. The number of amides is 2. The summed E-state index contributed by atoms with van der Waals surface area (Å²) in [5, 5.41) is 2.87. The summed E-state index contributed by atoms with van der Waals surface area (Å²) >= 11 is 0. The second kappa shape index (κ2) is 9.46. The average Bonchev–Trinajstić information content (AvgIpc) is 3.25. The maximum atomic E-state index is 13.0. The van der Waals surface area contributed by atoms with Crippen LogP contribution in [-0.2, 0) is 0 Å². The number of methoxy groups -OCH3 is 1. The zero-order valence-electron chi connectivity index (χ0n) is 19.4. The number of carbonyl (C=O) groups excluding carboxylic acids is 2. The zero-order chi connectivity index (χ0) is 24.4. The third kappa shape index (κ3) is 4.52. The second-order valence-electron chi connectivity index (χ2n) is 8.47. The van der Waals surface area contributed by atoms with Gasteiger partial charge in [-0.1, -0.05) is 12.1 Å². The number of imidazole rings is 1. The standard InChI is InChI=1S/C26H26N6O3/c1-35-21-10-6-9-20(15-21)32-23-22(14-18(16-28-23)25(34)31-11-3-2-4-12-31)29-26(32)30-24(33)17-7-5-8-19(27)13-17/h5-10,13-16H,2-4,11-12,27H2,1H3,(H,29,30,33). The predicted octanol–water partition coefficient (Wildman–Crippen LogP) is 3.89. The van der Waals surface area contributed by atoms with E-state index in [4.69, 9.17) is 10.5 Å². The van der Waals surface area contributed by atoms with Gasteiger partial charge in [0.25, 0.3) is 11.8 Å². The number of rotatable bonds is 5. The van der Waals surface area contributed by atoms with E-state index in [-0.39, 0.29) is 17.8 Å². The largest absolute Gasteiger partial charge is 0.497 e. The van der Waals surface area contributed by atoms with Gasteiger partial charge in [-0.3, -0.25) is 19.5 Å². The Morgan fingerprint density at radius 1 is 1.00 bits per heavy atom. The van der Waals surface area contributed by atoms with E-state index in [0.717, 1.165) is 32.4 Å². The van der Waals surface area contributed by atoms with Gasteiger partial charge in [0.05, 0.1) is 18.4 Å². The van der Waals surface area contributed by atoms with Gasteiger partial charge in [-0.25, -0.2) is 9.97 Å². The number of benzene rings is 2. The first-order chi connectivity index (χ1) is 17.0. The van der Waals surface area contributed by atoms with Crippen LogP contribution in [0.1, 0.15) is 40.0 Å². The summed E-state index contributed by atoms with van der Waals surface area (Å²) in [4.78, 5) is 37.1. The van der Waals surface area contributed by atoms with Crippen LogP contribution in [0, 0.1) is 0 Å². The number of fused-ring (bicyclic) bond motifs is 1. The Hall–Kier alpha value is -4.40. The van der Waals surface area contributed by atoms with Crippen LogP contribution in [0.25, 0.3) is 16.9 Å². The molecule has 0 saturated carbocycles. The summed E-state index contributed by atoms with van der Waals surface area (Å²) in [5.41, 5.74) is 8.93. The molecule has 9 nitrogen and oxygen atoms in total. The zero-order valence-corrected chi connectivity index (χ0v) is 19.4. The monoisotopic (exact) mass is 470 g/mol. The van der Waals surface area contributed by atoms with Crippen molar-refractivity contribution in [1.82, 2.24) is 19.4 Å². The topological polar surface area (TPSA) is 115 Å². The number of carbonyl (C=O) groups is 2. The fraction of sp³-hybridized carbons (Fsp3) is 0.231. The number of piperidine rings is 1. The molecule has 0 aliphatic carbocycles. The Balaban J connectivity index is 1.58. The molecule has 35 heavy (non-hydrogen) atoms. The number of anilines is 2. The van der Waals surface area contributed by atoms with Gasteiger partial charge in [0, 0.05) is 36.6 Å². The minimum absolute atomic E-state index is 0.0552. The quantitative estimate of drug-likeness (QED) is 0.428. The highest BCUT2D eigenvalue weighted by Gasteiger charge is 2.22. The highest BCUT2D eigenvalue weighted by Crippen LogP contribution is 2.27. The Bertz CT molecular complexity index is 1410. The van der Waals surface area contributed by atoms with Gasteiger partial charge in [-0.05, 0) is 55.7 Å². The van der Waals surface area contributed by atoms with Gasteiger partial charge in [0.2, 0.25) is 5.95 Å². The number of nitrogens with one attached hydrogen (secondary N) is 1. The number of hydrogen-bond acceptors (Lipinski definition) is 6. The predicted molar refractivity (Wildman–Crippen MR) is 134 cm³/mol. The molecule has 4 aromatic rings. The number of pyridine rings is 1. The van der Waals surface area contributed by atoms with Crippen LogP contribution >= 0.6 is 0 Å². The minimum Gasteiger partial charge on any atom is -0.497 e. The Labute approximate surface area is 202 Å². The van der Waals surface area contributed by atoms with Crippen LogP contribution in [0.5, 0.6) is 5.75 Å². The molecular formula is C26H26N6O3. The van der Waals surface area contributed by atoms with E-state index in [0.29, 0.717) is 39.4 Å². The first kappa shape index (κ1) is 22.4. The first-order valence-electron chi connectivity index (χ1n) is 11.5. The maximum absolute atomic E-state index is 13.0. The van der Waals surface area contributed by atoms with Crippen molar-refractivity contribution < 1.29 is 14.3 Å². The molecule has 1 saturated heterocycles. The highest BCUT2D eigenvalue weighted by atomic mass is 16.5. The van der Waals surface area contributed by atoms with Crippen molar-refractivity contribution in [3.63, 3.8) is 0 Å². The van der Waals surface area contributed by atoms with Crippen molar-refractivity contribution >= 4 is 34.6 Å². The number of likely N-dealkylation sites (tertiary alicyclic amines) is 1. The van der Waals surface area contributed by atoms with Crippen molar-refractivity contribution in [3.8, 4) is 11.4 Å². The molecule has 5 rings (SSSR count). The minimum atomic E-state index is -0.360. The van der Waals surface area contributed by atoms with Crippen LogP contribution < -0.4 is 15.8 Å². The van der Waals surface area contributed by atoms with Crippen molar-refractivity contribution in [1.29, 1.82) is 0 Å². The third-order valence-electron chi connectivity index (χ3n) is 6.07. The van der Waals surface area contributed by atoms with Crippen molar-refractivity contribution in [2.45, 2.75) is 19.3 Å². The molecule has 0 unspecified atom stereocenters. The lowest BCUT2D eigenvalue weighted by molar-refractivity contribution is 0.0724. The molecule has 1 aliphatic heterocycles. The molecule has 2 aromatic heterocycles. The Morgan fingerprint density at radius 2 is 1.80 bits per heavy atom. The normalized spacial score (nSPS) is 13.6. The van der Waals surface area contributed by atoms with Crippen molar-refractivity contribution in [3.05, 3.63) is 71.9 Å². The van der Waals surface area contributed by atoms with E-state index in [1.165, 1.54) is 0 Å². The first-order valence-corrected chi connectivity index (χ1v) is 11.5. The van der Waals surface area contributed by atoms with Gasteiger partial charge < -0.3 is 15.4 Å². The SMILES string of the molecule is COc1cccc(-n2c(NC(=O)c3cccc(N)c3)nc3cc(C(=O)N4CCCCC4)cnc32)c1. The molecule has 178 valence electrons. The van der Waals surface area contributed by atoms with Gasteiger partial charge in [-0.15, -0.1) is 0 Å².